The van der Waals surface area contributed by atoms with Crippen molar-refractivity contribution in [2.45, 2.75) is 56.8 Å². The van der Waals surface area contributed by atoms with Crippen molar-refractivity contribution in [2.75, 3.05) is 12.8 Å². The topological polar surface area (TPSA) is 49.6 Å². The van der Waals surface area contributed by atoms with E-state index in [4.69, 9.17) is 17.3 Å². The van der Waals surface area contributed by atoms with Crippen molar-refractivity contribution in [3.05, 3.63) is 40.4 Å². The van der Waals surface area contributed by atoms with Crippen molar-refractivity contribution in [3.63, 3.8) is 0 Å². The van der Waals surface area contributed by atoms with E-state index in [9.17, 15) is 4.79 Å². The van der Waals surface area contributed by atoms with Crippen molar-refractivity contribution in [2.24, 2.45) is 0 Å². The van der Waals surface area contributed by atoms with Crippen LogP contribution in [-0.4, -0.2) is 40.9 Å². The van der Waals surface area contributed by atoms with Gasteiger partial charge in [-0.3, -0.25) is 4.79 Å². The van der Waals surface area contributed by atoms with Gasteiger partial charge < -0.3 is 15.5 Å². The molecule has 0 radical (unpaired) electrons. The van der Waals surface area contributed by atoms with Gasteiger partial charge in [0.25, 0.3) is 5.91 Å². The first-order chi connectivity index (χ1) is 12.5. The van der Waals surface area contributed by atoms with Crippen LogP contribution < -0.4 is 5.73 Å². The van der Waals surface area contributed by atoms with E-state index in [1.807, 2.05) is 12.1 Å². The lowest BCUT2D eigenvalue weighted by Gasteiger charge is -2.50. The van der Waals surface area contributed by atoms with Gasteiger partial charge in [0.2, 0.25) is 0 Å². The molecule has 2 aromatic rings. The maximum Gasteiger partial charge on any atom is 0.255 e. The zero-order valence-electron chi connectivity index (χ0n) is 15.0. The number of nitrogens with zero attached hydrogens (tertiary/aromatic N) is 2. The molecule has 26 heavy (non-hydrogen) atoms. The smallest absolute Gasteiger partial charge is 0.255 e. The third-order valence-corrected chi connectivity index (χ3v) is 7.14. The molecule has 3 aliphatic heterocycles. The second-order valence-corrected chi connectivity index (χ2v) is 8.53. The summed E-state index contributed by atoms with van der Waals surface area (Å²) in [6.45, 7) is 0.679. The summed E-state index contributed by atoms with van der Waals surface area (Å²) >= 11 is 6.34. The number of hydrogen-bond acceptors (Lipinski definition) is 3. The number of rotatable bonds is 1. The lowest BCUT2D eigenvalue weighted by Crippen LogP contribution is -2.56. The molecule has 136 valence electrons. The predicted octanol–water partition coefficient (Wildman–Crippen LogP) is 4.05. The molecule has 1 amide bonds. The van der Waals surface area contributed by atoms with Crippen LogP contribution in [0.2, 0.25) is 5.02 Å². The fraction of sp³-hybridized carbons (Fsp3) is 0.476. The molecule has 0 aliphatic carbocycles. The molecule has 5 rings (SSSR count). The third kappa shape index (κ3) is 2.28. The number of fused-ring (bicyclic) bond motifs is 2. The first-order valence-corrected chi connectivity index (χ1v) is 9.95. The zero-order valence-corrected chi connectivity index (χ0v) is 15.8. The molecule has 4 nitrogen and oxygen atoms in total. The van der Waals surface area contributed by atoms with E-state index in [0.717, 1.165) is 23.6 Å². The molecule has 2 fully saturated rings. The van der Waals surface area contributed by atoms with E-state index < -0.39 is 0 Å². The lowest BCUT2D eigenvalue weighted by molar-refractivity contribution is 0.00750. The molecule has 2 unspecified atom stereocenters. The fourth-order valence-electron chi connectivity index (χ4n) is 5.39. The Morgan fingerprint density at radius 2 is 1.88 bits per heavy atom. The fourth-order valence-corrected chi connectivity index (χ4v) is 5.61. The maximum atomic E-state index is 13.4. The molecular formula is C21H24ClN3O. The molecule has 0 aromatic heterocycles. The number of piperidine rings is 2. The normalized spacial score (nSPS) is 28.6. The van der Waals surface area contributed by atoms with E-state index in [2.05, 4.69) is 22.9 Å². The van der Waals surface area contributed by atoms with Gasteiger partial charge in [-0.15, -0.1) is 0 Å². The summed E-state index contributed by atoms with van der Waals surface area (Å²) < 4.78 is 0. The van der Waals surface area contributed by atoms with Crippen LogP contribution in [0, 0.1) is 0 Å². The minimum Gasteiger partial charge on any atom is -0.397 e. The molecule has 0 saturated carbocycles. The van der Waals surface area contributed by atoms with Gasteiger partial charge in [-0.25, -0.2) is 0 Å². The maximum absolute atomic E-state index is 13.4. The van der Waals surface area contributed by atoms with Crippen LogP contribution in [0.3, 0.4) is 0 Å². The highest BCUT2D eigenvalue weighted by molar-refractivity contribution is 6.36. The SMILES string of the molecule is CN1C2CCCC1CC(N1Cc3cccc4c(N)c(Cl)cc(c34)C1=O)C2. The second kappa shape index (κ2) is 5.86. The summed E-state index contributed by atoms with van der Waals surface area (Å²) in [7, 11) is 2.25. The van der Waals surface area contributed by atoms with E-state index in [1.165, 1.54) is 24.8 Å². The Morgan fingerprint density at radius 1 is 1.15 bits per heavy atom. The zero-order chi connectivity index (χ0) is 18.0. The van der Waals surface area contributed by atoms with Crippen molar-refractivity contribution in [3.8, 4) is 0 Å². The Hall–Kier alpha value is -1.78. The van der Waals surface area contributed by atoms with E-state index in [1.54, 1.807) is 6.07 Å². The van der Waals surface area contributed by atoms with E-state index >= 15 is 0 Å². The molecular weight excluding hydrogens is 346 g/mol. The van der Waals surface area contributed by atoms with Crippen LogP contribution in [0.15, 0.2) is 24.3 Å². The standard InChI is InChI=1S/C21H24ClN3O/c1-24-13-5-3-6-14(24)9-15(8-13)25-11-12-4-2-7-16-19(12)17(21(25)26)10-18(22)20(16)23/h2,4,7,10,13-15H,3,5-6,8-9,11,23H2,1H3. The van der Waals surface area contributed by atoms with E-state index in [0.29, 0.717) is 40.9 Å². The Morgan fingerprint density at radius 3 is 2.62 bits per heavy atom. The molecule has 2 atom stereocenters. The average Bonchev–Trinajstić information content (AvgIpc) is 2.61. The van der Waals surface area contributed by atoms with Crippen LogP contribution >= 0.6 is 11.6 Å². The number of amides is 1. The van der Waals surface area contributed by atoms with Gasteiger partial charge in [0.15, 0.2) is 0 Å². The Bertz CT molecular complexity index is 898. The number of anilines is 1. The van der Waals surface area contributed by atoms with Gasteiger partial charge in [-0.1, -0.05) is 36.2 Å². The van der Waals surface area contributed by atoms with Crippen LogP contribution in [0.25, 0.3) is 10.8 Å². The highest BCUT2D eigenvalue weighted by Gasteiger charge is 2.41. The molecule has 0 spiro atoms. The van der Waals surface area contributed by atoms with Crippen molar-refractivity contribution in [1.29, 1.82) is 0 Å². The second-order valence-electron chi connectivity index (χ2n) is 8.12. The third-order valence-electron chi connectivity index (χ3n) is 6.83. The number of benzene rings is 2. The van der Waals surface area contributed by atoms with Gasteiger partial charge >= 0.3 is 0 Å². The summed E-state index contributed by atoms with van der Waals surface area (Å²) in [5.41, 5.74) is 8.64. The summed E-state index contributed by atoms with van der Waals surface area (Å²) in [6.07, 6.45) is 5.97. The highest BCUT2D eigenvalue weighted by Crippen LogP contribution is 2.41. The number of carbonyl (C=O) groups is 1. The predicted molar refractivity (Wildman–Crippen MR) is 105 cm³/mol. The molecule has 2 N–H and O–H groups in total. The molecule has 3 aliphatic rings. The van der Waals surface area contributed by atoms with Crippen LogP contribution in [-0.2, 0) is 6.54 Å². The summed E-state index contributed by atoms with van der Waals surface area (Å²) in [4.78, 5) is 18.0. The van der Waals surface area contributed by atoms with Gasteiger partial charge in [0.05, 0.1) is 10.7 Å². The number of carbonyl (C=O) groups excluding carboxylic acids is 1. The molecule has 2 saturated heterocycles. The first kappa shape index (κ1) is 16.4. The Balaban J connectivity index is 1.56. The lowest BCUT2D eigenvalue weighted by atomic mass is 9.80. The summed E-state index contributed by atoms with van der Waals surface area (Å²) in [5, 5.41) is 2.36. The number of nitrogen functional groups attached to an aromatic ring is 1. The van der Waals surface area contributed by atoms with Crippen LogP contribution in [0.5, 0.6) is 0 Å². The van der Waals surface area contributed by atoms with Crippen molar-refractivity contribution >= 4 is 34.0 Å². The summed E-state index contributed by atoms with van der Waals surface area (Å²) in [6, 6.07) is 9.40. The minimum atomic E-state index is 0.114. The number of halogens is 1. The van der Waals surface area contributed by atoms with Gasteiger partial charge in [-0.05, 0) is 44.4 Å². The van der Waals surface area contributed by atoms with Gasteiger partial charge in [0.1, 0.15) is 0 Å². The molecule has 3 heterocycles. The van der Waals surface area contributed by atoms with Crippen molar-refractivity contribution in [1.82, 2.24) is 9.80 Å². The van der Waals surface area contributed by atoms with Crippen LogP contribution in [0.1, 0.15) is 48.0 Å². The Kier molecular flexibility index (Phi) is 3.70. The largest absolute Gasteiger partial charge is 0.397 e. The monoisotopic (exact) mass is 369 g/mol. The molecule has 5 heteroatoms. The van der Waals surface area contributed by atoms with Gasteiger partial charge in [-0.2, -0.15) is 0 Å². The van der Waals surface area contributed by atoms with E-state index in [-0.39, 0.29) is 5.91 Å². The summed E-state index contributed by atoms with van der Waals surface area (Å²) in [5.74, 6) is 0.114. The van der Waals surface area contributed by atoms with Crippen LogP contribution in [0.4, 0.5) is 5.69 Å². The first-order valence-electron chi connectivity index (χ1n) is 9.57. The minimum absolute atomic E-state index is 0.114. The molecule has 2 aromatic carbocycles. The highest BCUT2D eigenvalue weighted by atomic mass is 35.5. The number of hydrogen-bond donors (Lipinski definition) is 1. The quantitative estimate of drug-likeness (QED) is 0.771. The Labute approximate surface area is 158 Å². The van der Waals surface area contributed by atoms with Gasteiger partial charge in [0, 0.05) is 41.0 Å². The number of nitrogens with two attached hydrogens (primary N) is 1. The van der Waals surface area contributed by atoms with Crippen molar-refractivity contribution < 1.29 is 4.79 Å². The molecule has 2 bridgehead atoms. The average molecular weight is 370 g/mol.